The molecule has 2 amide bonds. The molecule has 27 heavy (non-hydrogen) atoms. The minimum absolute atomic E-state index is 0.0394. The zero-order valence-electron chi connectivity index (χ0n) is 16.2. The molecule has 152 valence electrons. The van der Waals surface area contributed by atoms with Crippen molar-refractivity contribution in [2.75, 3.05) is 45.6 Å². The molecular formula is C18H29N3O5S. The molecule has 3 atom stereocenters. The second-order valence-electron chi connectivity index (χ2n) is 7.86. The van der Waals surface area contributed by atoms with Crippen LogP contribution in [-0.2, 0) is 24.3 Å². The summed E-state index contributed by atoms with van der Waals surface area (Å²) in [4.78, 5) is 29.4. The number of rotatable bonds is 5. The smallest absolute Gasteiger partial charge is 0.246 e. The average Bonchev–Trinajstić information content (AvgIpc) is 3.11. The Bertz CT molecular complexity index is 715. The fourth-order valence-corrected chi connectivity index (χ4v) is 5.64. The van der Waals surface area contributed by atoms with Gasteiger partial charge in [0.2, 0.25) is 21.8 Å². The summed E-state index contributed by atoms with van der Waals surface area (Å²) in [5, 5.41) is 0. The van der Waals surface area contributed by atoms with Gasteiger partial charge < -0.3 is 9.64 Å². The number of carbonyl (C=O) groups is 2. The van der Waals surface area contributed by atoms with Crippen molar-refractivity contribution in [1.29, 1.82) is 0 Å². The predicted octanol–water partition coefficient (Wildman–Crippen LogP) is -0.0817. The summed E-state index contributed by atoms with van der Waals surface area (Å²) in [5.41, 5.74) is 0. The molecule has 0 N–H and O–H groups in total. The van der Waals surface area contributed by atoms with Crippen molar-refractivity contribution < 1.29 is 22.7 Å². The van der Waals surface area contributed by atoms with Crippen molar-refractivity contribution in [2.45, 2.75) is 32.4 Å². The Morgan fingerprint density at radius 1 is 1.26 bits per heavy atom. The van der Waals surface area contributed by atoms with Crippen molar-refractivity contribution in [3.63, 3.8) is 0 Å². The van der Waals surface area contributed by atoms with Gasteiger partial charge >= 0.3 is 0 Å². The summed E-state index contributed by atoms with van der Waals surface area (Å²) in [6.07, 6.45) is 4.96. The van der Waals surface area contributed by atoms with E-state index in [1.54, 1.807) is 11.0 Å². The molecule has 3 rings (SSSR count). The lowest BCUT2D eigenvalue weighted by atomic mass is 9.88. The fourth-order valence-electron chi connectivity index (χ4n) is 4.47. The van der Waals surface area contributed by atoms with E-state index in [2.05, 4.69) is 4.90 Å². The maximum Gasteiger partial charge on any atom is 0.246 e. The van der Waals surface area contributed by atoms with Gasteiger partial charge in [-0.15, -0.1) is 0 Å². The van der Waals surface area contributed by atoms with E-state index in [-0.39, 0.29) is 23.8 Å². The Hall–Kier alpha value is -1.45. The van der Waals surface area contributed by atoms with Gasteiger partial charge in [0.25, 0.3) is 0 Å². The van der Waals surface area contributed by atoms with Crippen LogP contribution >= 0.6 is 0 Å². The van der Waals surface area contributed by atoms with Crippen LogP contribution in [0.2, 0.25) is 0 Å². The second kappa shape index (κ2) is 7.89. The van der Waals surface area contributed by atoms with Gasteiger partial charge in [0.1, 0.15) is 0 Å². The Morgan fingerprint density at radius 3 is 2.52 bits per heavy atom. The van der Waals surface area contributed by atoms with E-state index in [4.69, 9.17) is 4.74 Å². The maximum atomic E-state index is 12.8. The minimum atomic E-state index is -3.64. The average molecular weight is 400 g/mol. The highest BCUT2D eigenvalue weighted by Gasteiger charge is 2.58. The highest BCUT2D eigenvalue weighted by molar-refractivity contribution is 7.88. The van der Waals surface area contributed by atoms with E-state index in [0.717, 1.165) is 23.7 Å². The molecule has 0 spiro atoms. The largest absolute Gasteiger partial charge is 0.379 e. The maximum absolute atomic E-state index is 12.8. The molecule has 9 heteroatoms. The highest BCUT2D eigenvalue weighted by atomic mass is 32.2. The number of amides is 2. The molecule has 3 saturated heterocycles. The van der Waals surface area contributed by atoms with E-state index in [1.807, 2.05) is 19.9 Å². The van der Waals surface area contributed by atoms with Crippen molar-refractivity contribution in [2.24, 2.45) is 11.8 Å². The number of hydrogen-bond donors (Lipinski definition) is 0. The van der Waals surface area contributed by atoms with Crippen molar-refractivity contribution in [3.8, 4) is 0 Å². The first-order valence-electron chi connectivity index (χ1n) is 9.52. The SMILES string of the molecule is CC(C)[C@H]1C(=O)N(S(C)(=O)=O)[C@H]2CCN(C(=O)C=CCN3CCOCC3)[C@H]12. The van der Waals surface area contributed by atoms with Crippen LogP contribution in [0.25, 0.3) is 0 Å². The van der Waals surface area contributed by atoms with E-state index in [9.17, 15) is 18.0 Å². The summed E-state index contributed by atoms with van der Waals surface area (Å²) in [6.45, 7) is 8.06. The van der Waals surface area contributed by atoms with Crippen molar-refractivity contribution in [1.82, 2.24) is 14.1 Å². The lowest BCUT2D eigenvalue weighted by Gasteiger charge is -2.28. The first kappa shape index (κ1) is 20.3. The van der Waals surface area contributed by atoms with Crippen LogP contribution in [0.5, 0.6) is 0 Å². The lowest BCUT2D eigenvalue weighted by molar-refractivity contribution is -0.131. The molecule has 0 saturated carbocycles. The van der Waals surface area contributed by atoms with Gasteiger partial charge in [-0.1, -0.05) is 19.9 Å². The van der Waals surface area contributed by atoms with Crippen LogP contribution in [0.4, 0.5) is 0 Å². The summed E-state index contributed by atoms with van der Waals surface area (Å²) in [7, 11) is -3.64. The highest BCUT2D eigenvalue weighted by Crippen LogP contribution is 2.41. The molecule has 0 aliphatic carbocycles. The summed E-state index contributed by atoms with van der Waals surface area (Å²) < 4.78 is 30.6. The molecule has 0 aromatic carbocycles. The summed E-state index contributed by atoms with van der Waals surface area (Å²) >= 11 is 0. The molecule has 0 aromatic rings. The molecule has 3 heterocycles. The lowest BCUT2D eigenvalue weighted by Crippen LogP contribution is -2.43. The molecule has 3 fully saturated rings. The Balaban J connectivity index is 1.73. The molecule has 8 nitrogen and oxygen atoms in total. The third-order valence-corrected chi connectivity index (χ3v) is 6.84. The number of sulfonamides is 1. The number of fused-ring (bicyclic) bond motifs is 1. The molecule has 3 aliphatic rings. The number of hydrogen-bond acceptors (Lipinski definition) is 6. The van der Waals surface area contributed by atoms with Crippen LogP contribution < -0.4 is 0 Å². The number of ether oxygens (including phenoxy) is 1. The van der Waals surface area contributed by atoms with E-state index in [0.29, 0.717) is 32.7 Å². The standard InChI is InChI=1S/C18H29N3O5S/c1-13(2)16-17-14(21(18(16)23)27(3,24)25)6-8-20(17)15(22)5-4-7-19-9-11-26-12-10-19/h4-5,13-14,16-17H,6-12H2,1-3H3/t14-,16+,17-/m0/s1. The van der Waals surface area contributed by atoms with Gasteiger partial charge in [0, 0.05) is 32.3 Å². The van der Waals surface area contributed by atoms with Crippen LogP contribution in [0, 0.1) is 11.8 Å². The molecule has 0 aromatic heterocycles. The summed E-state index contributed by atoms with van der Waals surface area (Å²) in [5.74, 6) is -1.05. The topological polar surface area (TPSA) is 87.2 Å². The van der Waals surface area contributed by atoms with Crippen molar-refractivity contribution >= 4 is 21.8 Å². The van der Waals surface area contributed by atoms with Crippen LogP contribution in [-0.4, -0.2) is 92.1 Å². The molecule has 0 bridgehead atoms. The minimum Gasteiger partial charge on any atom is -0.379 e. The molecule has 3 aliphatic heterocycles. The molecular weight excluding hydrogens is 370 g/mol. The van der Waals surface area contributed by atoms with Gasteiger partial charge in [-0.3, -0.25) is 14.5 Å². The third-order valence-electron chi connectivity index (χ3n) is 5.68. The first-order valence-corrected chi connectivity index (χ1v) is 11.4. The van der Waals surface area contributed by atoms with Crippen LogP contribution in [0.1, 0.15) is 20.3 Å². The zero-order valence-corrected chi connectivity index (χ0v) is 17.0. The number of morpholine rings is 1. The van der Waals surface area contributed by atoms with Crippen LogP contribution in [0.3, 0.4) is 0 Å². The third kappa shape index (κ3) is 4.05. The normalized spacial score (nSPS) is 29.9. The number of nitrogens with zero attached hydrogens (tertiary/aromatic N) is 3. The van der Waals surface area contributed by atoms with E-state index in [1.165, 1.54) is 0 Å². The van der Waals surface area contributed by atoms with Gasteiger partial charge in [0.15, 0.2) is 0 Å². The molecule has 0 unspecified atom stereocenters. The van der Waals surface area contributed by atoms with Gasteiger partial charge in [-0.05, 0) is 12.3 Å². The summed E-state index contributed by atoms with van der Waals surface area (Å²) in [6, 6.07) is -0.829. The quantitative estimate of drug-likeness (QED) is 0.601. The predicted molar refractivity (Wildman–Crippen MR) is 100 cm³/mol. The van der Waals surface area contributed by atoms with Gasteiger partial charge in [0.05, 0.1) is 37.5 Å². The first-order chi connectivity index (χ1) is 12.7. The van der Waals surface area contributed by atoms with Gasteiger partial charge in [-0.2, -0.15) is 0 Å². The van der Waals surface area contributed by atoms with Gasteiger partial charge in [-0.25, -0.2) is 12.7 Å². The van der Waals surface area contributed by atoms with E-state index < -0.39 is 22.0 Å². The Morgan fingerprint density at radius 2 is 1.93 bits per heavy atom. The fraction of sp³-hybridized carbons (Fsp3) is 0.778. The van der Waals surface area contributed by atoms with E-state index >= 15 is 0 Å². The van der Waals surface area contributed by atoms with Crippen molar-refractivity contribution in [3.05, 3.63) is 12.2 Å². The number of likely N-dealkylation sites (tertiary alicyclic amines) is 1. The zero-order chi connectivity index (χ0) is 19.8. The van der Waals surface area contributed by atoms with Crippen LogP contribution in [0.15, 0.2) is 12.2 Å². The molecule has 0 radical (unpaired) electrons. The Kier molecular flexibility index (Phi) is 5.93. The Labute approximate surface area is 161 Å². The monoisotopic (exact) mass is 399 g/mol. The number of carbonyl (C=O) groups excluding carboxylic acids is 2. The second-order valence-corrected chi connectivity index (χ2v) is 9.72.